The Kier molecular flexibility index (Phi) is 15.5. The topological polar surface area (TPSA) is 153 Å². The third kappa shape index (κ3) is 10.5. The summed E-state index contributed by atoms with van der Waals surface area (Å²) in [7, 11) is 1.45. The summed E-state index contributed by atoms with van der Waals surface area (Å²) in [5, 5.41) is 9.38. The minimum atomic E-state index is -1.77. The highest BCUT2D eigenvalue weighted by atomic mass is 31.2. The van der Waals surface area contributed by atoms with Crippen molar-refractivity contribution in [1.82, 2.24) is 13.8 Å². The van der Waals surface area contributed by atoms with Gasteiger partial charge in [-0.1, -0.05) is 54.6 Å². The van der Waals surface area contributed by atoms with Gasteiger partial charge in [0.25, 0.3) is 14.1 Å². The predicted octanol–water partition coefficient (Wildman–Crippen LogP) is 8.08. The Morgan fingerprint density at radius 3 is 1.95 bits per heavy atom. The molecule has 322 valence electrons. The van der Waals surface area contributed by atoms with E-state index in [1.54, 1.807) is 35.0 Å². The Labute approximate surface area is 353 Å². The van der Waals surface area contributed by atoms with Crippen LogP contribution in [-0.4, -0.2) is 77.2 Å². The van der Waals surface area contributed by atoms with Gasteiger partial charge in [-0.3, -0.25) is 9.36 Å². The quantitative estimate of drug-likeness (QED) is 0.0574. The average molecular weight is 845 g/mol. The fraction of sp³-hybridized carbons (Fsp3) is 0.467. The highest BCUT2D eigenvalue weighted by Gasteiger charge is 2.45. The minimum Gasteiger partial charge on any atom is -0.497 e. The number of nitrogens with zero attached hydrogens (tertiary/aromatic N) is 4. The molecule has 1 aromatic heterocycles. The molecule has 1 saturated heterocycles. The zero-order chi connectivity index (χ0) is 43.8. The van der Waals surface area contributed by atoms with Gasteiger partial charge in [-0.25, -0.2) is 14.3 Å². The first-order chi connectivity index (χ1) is 28.5. The third-order valence-corrected chi connectivity index (χ3v) is 12.0. The second-order valence-corrected chi connectivity index (χ2v) is 17.4. The largest absolute Gasteiger partial charge is 0.497 e. The highest BCUT2D eigenvalue weighted by molar-refractivity contribution is 7.44. The van der Waals surface area contributed by atoms with Crippen LogP contribution in [0.2, 0.25) is 0 Å². The van der Waals surface area contributed by atoms with E-state index in [9.17, 15) is 19.6 Å². The van der Waals surface area contributed by atoms with Crippen LogP contribution in [0.25, 0.3) is 0 Å². The lowest BCUT2D eigenvalue weighted by molar-refractivity contribution is -0.0927. The molecule has 60 heavy (non-hydrogen) atoms. The fourth-order valence-corrected chi connectivity index (χ4v) is 8.95. The summed E-state index contributed by atoms with van der Waals surface area (Å²) in [5.74, 6) is 1.34. The number of carbonyl (C=O) groups excluding carboxylic acids is 1. The lowest BCUT2D eigenvalue weighted by Gasteiger charge is -2.39. The van der Waals surface area contributed by atoms with Crippen molar-refractivity contribution < 1.29 is 37.5 Å². The van der Waals surface area contributed by atoms with Crippen LogP contribution in [0.4, 0.5) is 4.79 Å². The molecule has 0 saturated carbocycles. The number of hydrogen-bond acceptors (Lipinski definition) is 12. The summed E-state index contributed by atoms with van der Waals surface area (Å²) in [6.45, 7) is 14.7. The van der Waals surface area contributed by atoms with E-state index >= 15 is 0 Å². The predicted molar refractivity (Wildman–Crippen MR) is 228 cm³/mol. The van der Waals surface area contributed by atoms with E-state index in [1.165, 1.54) is 17.7 Å². The van der Waals surface area contributed by atoms with E-state index < -0.39 is 55.5 Å². The summed E-state index contributed by atoms with van der Waals surface area (Å²) >= 11 is 0. The Morgan fingerprint density at radius 1 is 0.900 bits per heavy atom. The lowest BCUT2D eigenvalue weighted by atomic mass is 9.80. The van der Waals surface area contributed by atoms with Crippen LogP contribution in [0, 0.1) is 18.3 Å². The normalized spacial score (nSPS) is 17.5. The average Bonchev–Trinajstić information content (AvgIpc) is 3.61. The van der Waals surface area contributed by atoms with Gasteiger partial charge in [-0.2, -0.15) is 9.83 Å². The van der Waals surface area contributed by atoms with Gasteiger partial charge in [0.05, 0.1) is 46.0 Å². The number of carbonyl (C=O) groups is 1. The standard InChI is InChI=1S/C45H57N4O10P/c1-30(2)49(31(3)4)60(56-26-14-25-46)59-38-27-40(47-28-32(5)41(50)48(42(47)51)43(52)58-44(6,7)8)57-39(38)29-55-45(33-15-12-11-13-16-33,34-17-21-36(53-9)22-18-34)35-19-23-37(54-10)24-20-35/h11-13,15-24,28,30-31,38-40H,14,26-27,29H2,1-10H3/t38-,39+,40+,60?/m0/s1. The van der Waals surface area contributed by atoms with Gasteiger partial charge >= 0.3 is 11.8 Å². The zero-order valence-corrected chi connectivity index (χ0v) is 37.0. The second-order valence-electron chi connectivity index (χ2n) is 16.0. The Morgan fingerprint density at radius 2 is 1.45 bits per heavy atom. The molecule has 3 aromatic carbocycles. The molecule has 0 spiro atoms. The molecule has 0 radical (unpaired) electrons. The van der Waals surface area contributed by atoms with Crippen LogP contribution in [-0.2, 0) is 28.9 Å². The maximum atomic E-state index is 14.1. The van der Waals surface area contributed by atoms with Crippen LogP contribution in [0.1, 0.15) is 89.8 Å². The van der Waals surface area contributed by atoms with Gasteiger partial charge in [0.1, 0.15) is 35.0 Å². The summed E-state index contributed by atoms with van der Waals surface area (Å²) in [6, 6.07) is 27.3. The monoisotopic (exact) mass is 844 g/mol. The molecule has 1 aliphatic rings. The van der Waals surface area contributed by atoms with E-state index in [0.717, 1.165) is 16.7 Å². The number of rotatable bonds is 17. The van der Waals surface area contributed by atoms with Crippen LogP contribution in [0.5, 0.6) is 11.5 Å². The Hall–Kier alpha value is -4.87. The van der Waals surface area contributed by atoms with E-state index in [2.05, 4.69) is 10.7 Å². The number of benzene rings is 3. The molecule has 1 unspecified atom stereocenters. The van der Waals surface area contributed by atoms with Gasteiger partial charge in [-0.05, 0) is 96.3 Å². The van der Waals surface area contributed by atoms with Crippen molar-refractivity contribution in [2.24, 2.45) is 0 Å². The van der Waals surface area contributed by atoms with E-state index in [-0.39, 0.29) is 43.7 Å². The molecular weight excluding hydrogens is 787 g/mol. The molecule has 5 rings (SSSR count). The molecule has 0 amide bonds. The van der Waals surface area contributed by atoms with Crippen LogP contribution in [0.15, 0.2) is 94.6 Å². The number of hydrogen-bond donors (Lipinski definition) is 0. The zero-order valence-electron chi connectivity index (χ0n) is 36.1. The molecule has 4 aromatic rings. The molecule has 14 nitrogen and oxygen atoms in total. The molecular formula is C45H57N4O10P. The van der Waals surface area contributed by atoms with Crippen molar-refractivity contribution in [2.75, 3.05) is 27.4 Å². The minimum absolute atomic E-state index is 0.00421. The lowest BCUT2D eigenvalue weighted by Crippen LogP contribution is -2.47. The van der Waals surface area contributed by atoms with E-state index in [0.29, 0.717) is 16.1 Å². The maximum Gasteiger partial charge on any atom is 0.425 e. The van der Waals surface area contributed by atoms with Crippen molar-refractivity contribution in [3.63, 3.8) is 0 Å². The van der Waals surface area contributed by atoms with Crippen molar-refractivity contribution >= 4 is 14.6 Å². The molecule has 2 heterocycles. The number of aromatic nitrogens is 2. The molecule has 0 aliphatic carbocycles. The highest BCUT2D eigenvalue weighted by Crippen LogP contribution is 2.50. The fourth-order valence-electron chi connectivity index (χ4n) is 7.20. The Bertz CT molecular complexity index is 2140. The van der Waals surface area contributed by atoms with Gasteiger partial charge in [0, 0.05) is 30.3 Å². The van der Waals surface area contributed by atoms with Crippen molar-refractivity contribution in [1.29, 1.82) is 5.26 Å². The second kappa shape index (κ2) is 20.1. The van der Waals surface area contributed by atoms with E-state index in [1.807, 2.05) is 107 Å². The van der Waals surface area contributed by atoms with Gasteiger partial charge in [-0.15, -0.1) is 0 Å². The molecule has 4 atom stereocenters. The van der Waals surface area contributed by atoms with Gasteiger partial charge < -0.3 is 32.7 Å². The first-order valence-electron chi connectivity index (χ1n) is 20.0. The number of aryl methyl sites for hydroxylation is 1. The maximum absolute atomic E-state index is 14.1. The SMILES string of the molecule is COc1ccc(C(OC[C@H]2O[C@@H](n3cc(C)c(=O)n(C(=O)OC(C)(C)C)c3=O)C[C@@H]2OP(OCCC#N)N(C(C)C)C(C)C)(c2ccccc2)c2ccc(OC)cc2)cc1. The molecule has 0 N–H and O–H groups in total. The van der Waals surface area contributed by atoms with Crippen molar-refractivity contribution in [3.05, 3.63) is 128 Å². The van der Waals surface area contributed by atoms with E-state index in [4.69, 9.17) is 32.7 Å². The third-order valence-electron chi connectivity index (χ3n) is 9.88. The Balaban J connectivity index is 1.65. The van der Waals surface area contributed by atoms with Crippen molar-refractivity contribution in [2.45, 2.75) is 110 Å². The number of nitriles is 1. The van der Waals surface area contributed by atoms with Crippen LogP contribution >= 0.6 is 8.53 Å². The van der Waals surface area contributed by atoms with Gasteiger partial charge in [0.15, 0.2) is 0 Å². The number of ether oxygens (including phenoxy) is 5. The van der Waals surface area contributed by atoms with Crippen LogP contribution < -0.4 is 20.7 Å². The smallest absolute Gasteiger partial charge is 0.425 e. The molecule has 1 aliphatic heterocycles. The van der Waals surface area contributed by atoms with Crippen molar-refractivity contribution in [3.8, 4) is 17.6 Å². The first kappa shape index (κ1) is 46.2. The number of methoxy groups -OCH3 is 2. The summed E-state index contributed by atoms with van der Waals surface area (Å²) in [4.78, 5) is 40.7. The summed E-state index contributed by atoms with van der Waals surface area (Å²) < 4.78 is 47.6. The first-order valence-corrected chi connectivity index (χ1v) is 21.1. The van der Waals surface area contributed by atoms with Crippen LogP contribution in [0.3, 0.4) is 0 Å². The van der Waals surface area contributed by atoms with Gasteiger partial charge in [0.2, 0.25) is 0 Å². The molecule has 0 bridgehead atoms. The summed E-state index contributed by atoms with van der Waals surface area (Å²) in [5.41, 5.74) is -1.32. The summed E-state index contributed by atoms with van der Waals surface area (Å²) in [6.07, 6.45) is -1.99. The molecule has 1 fully saturated rings. The molecule has 15 heteroatoms.